The molecule has 0 radical (unpaired) electrons. The molecule has 1 atom stereocenters. The van der Waals surface area contributed by atoms with Crippen molar-refractivity contribution in [2.75, 3.05) is 19.7 Å². The van der Waals surface area contributed by atoms with Crippen molar-refractivity contribution in [1.82, 2.24) is 4.90 Å². The van der Waals surface area contributed by atoms with Gasteiger partial charge in [-0.25, -0.2) is 0 Å². The number of hydrogen-bond donors (Lipinski definition) is 1. The molecule has 108 valence electrons. The molecular weight excluding hydrogens is 284 g/mol. The third kappa shape index (κ3) is 3.08. The Kier molecular flexibility index (Phi) is 4.57. The van der Waals surface area contributed by atoms with Crippen LogP contribution in [0.3, 0.4) is 0 Å². The van der Waals surface area contributed by atoms with Crippen LogP contribution in [0.1, 0.15) is 23.2 Å². The molecule has 0 aliphatic carbocycles. The van der Waals surface area contributed by atoms with Crippen LogP contribution in [-0.2, 0) is 0 Å². The van der Waals surface area contributed by atoms with E-state index in [0.29, 0.717) is 13.1 Å². The topological polar surface area (TPSA) is 83.7 Å². The number of carbonyl (C=O) groups excluding carboxylic acids is 1. The van der Waals surface area contributed by atoms with Gasteiger partial charge >= 0.3 is 0 Å². The molecule has 0 spiro atoms. The molecule has 1 aromatic carbocycles. The fraction of sp³-hybridized carbons (Fsp3) is 0.462. The first-order valence-electron chi connectivity index (χ1n) is 6.37. The number of nitrogens with zero attached hydrogens (tertiary/aromatic N) is 2. The molecule has 1 aliphatic heterocycles. The van der Waals surface area contributed by atoms with Crippen molar-refractivity contribution >= 4 is 23.2 Å². The van der Waals surface area contributed by atoms with Gasteiger partial charge in [0, 0.05) is 30.8 Å². The number of nitro groups is 1. The molecular formula is C13H15ClN2O4. The van der Waals surface area contributed by atoms with E-state index in [9.17, 15) is 20.0 Å². The van der Waals surface area contributed by atoms with E-state index in [1.807, 2.05) is 0 Å². The Morgan fingerprint density at radius 2 is 2.30 bits per heavy atom. The highest BCUT2D eigenvalue weighted by Gasteiger charge is 2.28. The summed E-state index contributed by atoms with van der Waals surface area (Å²) >= 11 is 5.73. The molecule has 6 nitrogen and oxygen atoms in total. The molecule has 0 aromatic heterocycles. The second-order valence-electron chi connectivity index (χ2n) is 4.86. The van der Waals surface area contributed by atoms with Crippen molar-refractivity contribution in [3.63, 3.8) is 0 Å². The first-order chi connectivity index (χ1) is 9.52. The maximum absolute atomic E-state index is 12.4. The first-order valence-corrected chi connectivity index (χ1v) is 6.74. The zero-order valence-electron chi connectivity index (χ0n) is 10.8. The molecule has 7 heteroatoms. The Morgan fingerprint density at radius 1 is 1.55 bits per heavy atom. The lowest BCUT2D eigenvalue weighted by molar-refractivity contribution is -0.385. The number of benzene rings is 1. The molecule has 1 fully saturated rings. The Balaban J connectivity index is 2.27. The molecule has 0 saturated carbocycles. The van der Waals surface area contributed by atoms with Gasteiger partial charge in [-0.15, -0.1) is 0 Å². The van der Waals surface area contributed by atoms with Crippen molar-refractivity contribution in [2.45, 2.75) is 12.8 Å². The van der Waals surface area contributed by atoms with E-state index in [1.54, 1.807) is 4.90 Å². The average molecular weight is 299 g/mol. The van der Waals surface area contributed by atoms with Gasteiger partial charge in [0.05, 0.1) is 4.92 Å². The Morgan fingerprint density at radius 3 is 2.95 bits per heavy atom. The van der Waals surface area contributed by atoms with Crippen molar-refractivity contribution in [1.29, 1.82) is 0 Å². The van der Waals surface area contributed by atoms with E-state index in [1.165, 1.54) is 18.2 Å². The second kappa shape index (κ2) is 6.19. The van der Waals surface area contributed by atoms with E-state index in [4.69, 9.17) is 11.6 Å². The van der Waals surface area contributed by atoms with Crippen LogP contribution in [0, 0.1) is 16.0 Å². The summed E-state index contributed by atoms with van der Waals surface area (Å²) in [6.45, 7) is 0.997. The summed E-state index contributed by atoms with van der Waals surface area (Å²) in [5.41, 5.74) is -0.244. The van der Waals surface area contributed by atoms with E-state index >= 15 is 0 Å². The van der Waals surface area contributed by atoms with E-state index in [0.717, 1.165) is 12.8 Å². The van der Waals surface area contributed by atoms with Crippen LogP contribution in [0.15, 0.2) is 18.2 Å². The van der Waals surface area contributed by atoms with Crippen molar-refractivity contribution in [3.05, 3.63) is 38.9 Å². The largest absolute Gasteiger partial charge is 0.396 e. The highest BCUT2D eigenvalue weighted by molar-refractivity contribution is 6.31. The highest BCUT2D eigenvalue weighted by atomic mass is 35.5. The lowest BCUT2D eigenvalue weighted by Gasteiger charge is -2.31. The molecule has 1 N–H and O–H groups in total. The summed E-state index contributed by atoms with van der Waals surface area (Å²) in [7, 11) is 0. The molecule has 1 saturated heterocycles. The summed E-state index contributed by atoms with van der Waals surface area (Å²) in [6.07, 6.45) is 1.65. The number of carbonyl (C=O) groups is 1. The SMILES string of the molecule is O=C(c1ccc(Cl)cc1[N+](=O)[O-])N1CCCC(CO)C1. The van der Waals surface area contributed by atoms with Crippen molar-refractivity contribution in [2.24, 2.45) is 5.92 Å². The van der Waals surface area contributed by atoms with Crippen molar-refractivity contribution < 1.29 is 14.8 Å². The number of halogens is 1. The number of aliphatic hydroxyl groups is 1. The fourth-order valence-electron chi connectivity index (χ4n) is 2.41. The third-order valence-electron chi connectivity index (χ3n) is 3.45. The van der Waals surface area contributed by atoms with Gasteiger partial charge < -0.3 is 10.0 Å². The number of aliphatic hydroxyl groups excluding tert-OH is 1. The number of piperidine rings is 1. The maximum Gasteiger partial charge on any atom is 0.283 e. The molecule has 1 amide bonds. The Labute approximate surface area is 121 Å². The number of likely N-dealkylation sites (tertiary alicyclic amines) is 1. The first kappa shape index (κ1) is 14.7. The summed E-state index contributed by atoms with van der Waals surface area (Å²) in [4.78, 5) is 24.4. The number of hydrogen-bond acceptors (Lipinski definition) is 4. The van der Waals surface area contributed by atoms with Crippen LogP contribution >= 0.6 is 11.6 Å². The predicted molar refractivity (Wildman–Crippen MR) is 73.8 cm³/mol. The second-order valence-corrected chi connectivity index (χ2v) is 5.30. The highest BCUT2D eigenvalue weighted by Crippen LogP contribution is 2.26. The smallest absolute Gasteiger partial charge is 0.283 e. The molecule has 1 unspecified atom stereocenters. The normalized spacial score (nSPS) is 18.9. The van der Waals surface area contributed by atoms with Crippen LogP contribution in [-0.4, -0.2) is 40.5 Å². The summed E-state index contributed by atoms with van der Waals surface area (Å²) < 4.78 is 0. The summed E-state index contributed by atoms with van der Waals surface area (Å²) in [6, 6.07) is 4.03. The average Bonchev–Trinajstić information content (AvgIpc) is 2.46. The van der Waals surface area contributed by atoms with Crippen molar-refractivity contribution in [3.8, 4) is 0 Å². The van der Waals surface area contributed by atoms with Crippen LogP contribution in [0.5, 0.6) is 0 Å². The zero-order valence-corrected chi connectivity index (χ0v) is 11.5. The zero-order chi connectivity index (χ0) is 14.7. The van der Waals surface area contributed by atoms with Gasteiger partial charge in [-0.05, 0) is 30.9 Å². The predicted octanol–water partition coefficient (Wildman–Crippen LogP) is 2.09. The summed E-state index contributed by atoms with van der Waals surface area (Å²) in [5, 5.41) is 20.4. The monoisotopic (exact) mass is 298 g/mol. The molecule has 0 bridgehead atoms. The minimum absolute atomic E-state index is 0.0203. The Bertz CT molecular complexity index is 535. The quantitative estimate of drug-likeness (QED) is 0.684. The van der Waals surface area contributed by atoms with Gasteiger partial charge in [0.2, 0.25) is 0 Å². The van der Waals surface area contributed by atoms with Gasteiger partial charge in [-0.1, -0.05) is 11.6 Å². The number of nitro benzene ring substituents is 1. The van der Waals surface area contributed by atoms with Gasteiger partial charge in [-0.3, -0.25) is 14.9 Å². The van der Waals surface area contributed by atoms with E-state index in [2.05, 4.69) is 0 Å². The van der Waals surface area contributed by atoms with Gasteiger partial charge in [0.25, 0.3) is 11.6 Å². The Hall–Kier alpha value is -1.66. The van der Waals surface area contributed by atoms with Crippen LogP contribution < -0.4 is 0 Å². The van der Waals surface area contributed by atoms with Crippen LogP contribution in [0.25, 0.3) is 0 Å². The minimum Gasteiger partial charge on any atom is -0.396 e. The van der Waals surface area contributed by atoms with E-state index in [-0.39, 0.29) is 34.7 Å². The molecule has 2 rings (SSSR count). The third-order valence-corrected chi connectivity index (χ3v) is 3.69. The van der Waals surface area contributed by atoms with E-state index < -0.39 is 4.92 Å². The standard InChI is InChI=1S/C13H15ClN2O4/c14-10-3-4-11(12(6-10)16(19)20)13(18)15-5-1-2-9(7-15)8-17/h3-4,6,9,17H,1-2,5,7-8H2. The van der Waals surface area contributed by atoms with Gasteiger partial charge in [-0.2, -0.15) is 0 Å². The molecule has 20 heavy (non-hydrogen) atoms. The summed E-state index contributed by atoms with van der Waals surface area (Å²) in [5.74, 6) is -0.342. The van der Waals surface area contributed by atoms with Gasteiger partial charge in [0.1, 0.15) is 5.56 Å². The molecule has 1 aromatic rings. The van der Waals surface area contributed by atoms with Gasteiger partial charge in [0.15, 0.2) is 0 Å². The minimum atomic E-state index is -0.605. The molecule has 1 aliphatic rings. The number of rotatable bonds is 3. The van der Waals surface area contributed by atoms with Crippen LogP contribution in [0.4, 0.5) is 5.69 Å². The maximum atomic E-state index is 12.4. The van der Waals surface area contributed by atoms with Crippen LogP contribution in [0.2, 0.25) is 5.02 Å². The lowest BCUT2D eigenvalue weighted by atomic mass is 9.98. The lowest BCUT2D eigenvalue weighted by Crippen LogP contribution is -2.41. The molecule has 1 heterocycles. The number of amides is 1. The fourth-order valence-corrected chi connectivity index (χ4v) is 2.57.